The van der Waals surface area contributed by atoms with Crippen molar-refractivity contribution in [2.45, 2.75) is 19.5 Å². The summed E-state index contributed by atoms with van der Waals surface area (Å²) in [6.45, 7) is 3.56. The highest BCUT2D eigenvalue weighted by Crippen LogP contribution is 2.33. The van der Waals surface area contributed by atoms with Crippen molar-refractivity contribution in [2.24, 2.45) is 0 Å². The summed E-state index contributed by atoms with van der Waals surface area (Å²) in [5, 5.41) is 0. The molecule has 0 bridgehead atoms. The summed E-state index contributed by atoms with van der Waals surface area (Å²) in [7, 11) is 0. The maximum absolute atomic E-state index is 12.7. The minimum atomic E-state index is -4.50. The molecule has 1 aromatic heterocycles. The van der Waals surface area contributed by atoms with Crippen LogP contribution in [0, 0.1) is 0 Å². The predicted octanol–water partition coefficient (Wildman–Crippen LogP) is 1.74. The minimum Gasteiger partial charge on any atom is -0.396 e. The van der Waals surface area contributed by atoms with Crippen molar-refractivity contribution in [1.82, 2.24) is 9.88 Å². The molecule has 2 heterocycles. The summed E-state index contributed by atoms with van der Waals surface area (Å²) in [4.78, 5) is 18.2. The van der Waals surface area contributed by atoms with Gasteiger partial charge in [0, 0.05) is 33.1 Å². The fourth-order valence-electron chi connectivity index (χ4n) is 2.36. The molecule has 0 unspecified atom stereocenters. The average Bonchev–Trinajstić information content (AvgIpc) is 2.63. The third-order valence-electron chi connectivity index (χ3n) is 3.48. The molecule has 5 nitrogen and oxygen atoms in total. The van der Waals surface area contributed by atoms with Gasteiger partial charge in [0.05, 0.1) is 17.6 Å². The van der Waals surface area contributed by atoms with E-state index in [1.165, 1.54) is 6.92 Å². The van der Waals surface area contributed by atoms with E-state index in [4.69, 9.17) is 5.73 Å². The first-order valence-electron chi connectivity index (χ1n) is 6.62. The van der Waals surface area contributed by atoms with Crippen molar-refractivity contribution in [3.63, 3.8) is 0 Å². The number of nitrogen functional groups attached to an aromatic ring is 1. The topological polar surface area (TPSA) is 62.5 Å². The number of halogens is 3. The summed E-state index contributed by atoms with van der Waals surface area (Å²) in [6, 6.07) is 0.971. The molecule has 21 heavy (non-hydrogen) atoms. The Balaban J connectivity index is 2.23. The average molecular weight is 302 g/mol. The van der Waals surface area contributed by atoms with Crippen molar-refractivity contribution < 1.29 is 18.0 Å². The summed E-state index contributed by atoms with van der Waals surface area (Å²) in [5.41, 5.74) is 5.33. The molecule has 1 saturated heterocycles. The van der Waals surface area contributed by atoms with Crippen molar-refractivity contribution in [3.8, 4) is 0 Å². The van der Waals surface area contributed by atoms with Gasteiger partial charge in [-0.2, -0.15) is 13.2 Å². The first-order chi connectivity index (χ1) is 9.79. The Labute approximate surface area is 120 Å². The minimum absolute atomic E-state index is 0.0319. The van der Waals surface area contributed by atoms with E-state index >= 15 is 0 Å². The van der Waals surface area contributed by atoms with E-state index in [0.29, 0.717) is 38.3 Å². The Hall–Kier alpha value is -1.99. The number of amides is 1. The van der Waals surface area contributed by atoms with E-state index < -0.39 is 11.9 Å². The van der Waals surface area contributed by atoms with Gasteiger partial charge in [0.1, 0.15) is 5.69 Å². The van der Waals surface area contributed by atoms with Crippen LogP contribution < -0.4 is 10.6 Å². The predicted molar refractivity (Wildman–Crippen MR) is 72.7 cm³/mol. The highest BCUT2D eigenvalue weighted by molar-refractivity contribution is 5.73. The van der Waals surface area contributed by atoms with E-state index in [9.17, 15) is 18.0 Å². The number of carbonyl (C=O) groups excluding carboxylic acids is 1. The molecule has 1 aromatic rings. The van der Waals surface area contributed by atoms with Crippen molar-refractivity contribution in [2.75, 3.05) is 36.8 Å². The number of alkyl halides is 3. The molecule has 0 saturated carbocycles. The Morgan fingerprint density at radius 2 is 2.00 bits per heavy atom. The van der Waals surface area contributed by atoms with Crippen LogP contribution in [0.15, 0.2) is 12.3 Å². The van der Waals surface area contributed by atoms with Crippen LogP contribution in [0.5, 0.6) is 0 Å². The Bertz CT molecular complexity index is 533. The molecule has 0 atom stereocenters. The summed E-state index contributed by atoms with van der Waals surface area (Å²) >= 11 is 0. The summed E-state index contributed by atoms with van der Waals surface area (Å²) in [6.07, 6.45) is -2.78. The maximum atomic E-state index is 12.7. The number of hydrogen-bond donors (Lipinski definition) is 1. The Morgan fingerprint density at radius 3 is 2.62 bits per heavy atom. The van der Waals surface area contributed by atoms with Gasteiger partial charge in [-0.15, -0.1) is 0 Å². The fraction of sp³-hybridized carbons (Fsp3) is 0.538. The van der Waals surface area contributed by atoms with Gasteiger partial charge in [-0.05, 0) is 12.5 Å². The number of hydrogen-bond acceptors (Lipinski definition) is 4. The van der Waals surface area contributed by atoms with Crippen LogP contribution >= 0.6 is 0 Å². The van der Waals surface area contributed by atoms with Crippen LogP contribution in [-0.2, 0) is 11.0 Å². The van der Waals surface area contributed by atoms with Gasteiger partial charge in [-0.3, -0.25) is 4.79 Å². The normalized spacial score (nSPS) is 16.8. The van der Waals surface area contributed by atoms with E-state index in [2.05, 4.69) is 4.98 Å². The molecular formula is C13H17F3N4O. The highest BCUT2D eigenvalue weighted by atomic mass is 19.4. The first-order valence-corrected chi connectivity index (χ1v) is 6.62. The first kappa shape index (κ1) is 15.4. The summed E-state index contributed by atoms with van der Waals surface area (Å²) < 4.78 is 38.2. The van der Waals surface area contributed by atoms with Gasteiger partial charge in [-0.25, -0.2) is 4.98 Å². The lowest BCUT2D eigenvalue weighted by Gasteiger charge is -2.25. The zero-order valence-electron chi connectivity index (χ0n) is 11.7. The van der Waals surface area contributed by atoms with Gasteiger partial charge in [-0.1, -0.05) is 0 Å². The molecule has 1 aliphatic rings. The molecule has 2 rings (SSSR count). The molecule has 8 heteroatoms. The zero-order chi connectivity index (χ0) is 15.6. The molecular weight excluding hydrogens is 285 g/mol. The van der Waals surface area contributed by atoms with Crippen LogP contribution in [-0.4, -0.2) is 42.0 Å². The molecule has 0 aromatic carbocycles. The van der Waals surface area contributed by atoms with Crippen LogP contribution in [0.25, 0.3) is 0 Å². The lowest BCUT2D eigenvalue weighted by atomic mass is 10.2. The lowest BCUT2D eigenvalue weighted by molar-refractivity contribution is -0.141. The Kier molecular flexibility index (Phi) is 4.24. The smallest absolute Gasteiger partial charge is 0.396 e. The monoisotopic (exact) mass is 302 g/mol. The third-order valence-corrected chi connectivity index (χ3v) is 3.48. The molecule has 0 spiro atoms. The number of pyridine rings is 1. The van der Waals surface area contributed by atoms with E-state index in [0.717, 1.165) is 12.3 Å². The van der Waals surface area contributed by atoms with E-state index in [1.807, 2.05) is 0 Å². The number of nitrogens with two attached hydrogens (primary N) is 1. The van der Waals surface area contributed by atoms with Gasteiger partial charge >= 0.3 is 6.18 Å². The van der Waals surface area contributed by atoms with Gasteiger partial charge < -0.3 is 15.5 Å². The molecule has 0 radical (unpaired) electrons. The largest absolute Gasteiger partial charge is 0.433 e. The Morgan fingerprint density at radius 1 is 1.29 bits per heavy atom. The van der Waals surface area contributed by atoms with Gasteiger partial charge in [0.25, 0.3) is 0 Å². The summed E-state index contributed by atoms with van der Waals surface area (Å²) in [5.74, 6) is -0.0319. The highest BCUT2D eigenvalue weighted by Gasteiger charge is 2.33. The lowest BCUT2D eigenvalue weighted by Crippen LogP contribution is -2.34. The van der Waals surface area contributed by atoms with E-state index in [-0.39, 0.29) is 11.6 Å². The maximum Gasteiger partial charge on any atom is 0.433 e. The van der Waals surface area contributed by atoms with E-state index in [1.54, 1.807) is 9.80 Å². The molecule has 1 aliphatic heterocycles. The van der Waals surface area contributed by atoms with Crippen molar-refractivity contribution >= 4 is 17.3 Å². The van der Waals surface area contributed by atoms with Crippen molar-refractivity contribution in [1.29, 1.82) is 0 Å². The second-order valence-corrected chi connectivity index (χ2v) is 4.97. The fourth-order valence-corrected chi connectivity index (χ4v) is 2.36. The zero-order valence-corrected chi connectivity index (χ0v) is 11.7. The molecule has 2 N–H and O–H groups in total. The second-order valence-electron chi connectivity index (χ2n) is 4.97. The quantitative estimate of drug-likeness (QED) is 0.858. The number of carbonyl (C=O) groups is 1. The number of aromatic nitrogens is 1. The van der Waals surface area contributed by atoms with Crippen LogP contribution in [0.3, 0.4) is 0 Å². The third kappa shape index (κ3) is 3.56. The van der Waals surface area contributed by atoms with Crippen molar-refractivity contribution in [3.05, 3.63) is 18.0 Å². The van der Waals surface area contributed by atoms with Crippen LogP contribution in [0.4, 0.5) is 24.5 Å². The molecule has 1 amide bonds. The molecule has 116 valence electrons. The standard InChI is InChI=1S/C13H17F3N4O/c1-9(21)19-3-2-4-20(6-5-19)11-7-12(13(14,15)16)18-8-10(11)17/h7-8H,2-6,17H2,1H3. The number of rotatable bonds is 1. The van der Waals surface area contributed by atoms with Crippen LogP contribution in [0.1, 0.15) is 19.0 Å². The second kappa shape index (κ2) is 5.79. The van der Waals surface area contributed by atoms with Gasteiger partial charge in [0.2, 0.25) is 5.91 Å². The number of nitrogens with zero attached hydrogens (tertiary/aromatic N) is 3. The van der Waals surface area contributed by atoms with Gasteiger partial charge in [0.15, 0.2) is 0 Å². The number of anilines is 2. The molecule has 1 fully saturated rings. The molecule has 0 aliphatic carbocycles. The van der Waals surface area contributed by atoms with Crippen LogP contribution in [0.2, 0.25) is 0 Å². The SMILES string of the molecule is CC(=O)N1CCCN(c2cc(C(F)(F)F)ncc2N)CC1.